The first-order valence-electron chi connectivity index (χ1n) is 6.56. The number of nitro groups is 1. The van der Waals surface area contributed by atoms with E-state index in [1.165, 1.54) is 6.07 Å². The molecular formula is C14H15N3O3. The van der Waals surface area contributed by atoms with Crippen LogP contribution in [0.25, 0.3) is 10.9 Å². The lowest BCUT2D eigenvalue weighted by molar-refractivity contribution is -0.383. The van der Waals surface area contributed by atoms with Gasteiger partial charge in [-0.2, -0.15) is 0 Å². The molecule has 1 aromatic heterocycles. The maximum atomic E-state index is 11.1. The Labute approximate surface area is 115 Å². The second kappa shape index (κ2) is 4.72. The Morgan fingerprint density at radius 2 is 2.20 bits per heavy atom. The highest BCUT2D eigenvalue weighted by molar-refractivity contribution is 5.96. The number of anilines is 1. The first-order valence-corrected chi connectivity index (χ1v) is 6.56. The SMILES string of the molecule is O=[N+]([O-])c1ccc(NC2(CO)CCC2)c2ncccc12. The number of aliphatic hydroxyl groups excluding tert-OH is 1. The number of benzene rings is 1. The summed E-state index contributed by atoms with van der Waals surface area (Å²) in [6.45, 7) is 0.0539. The van der Waals surface area contributed by atoms with Crippen LogP contribution in [0.15, 0.2) is 30.5 Å². The van der Waals surface area contributed by atoms with Gasteiger partial charge >= 0.3 is 0 Å². The average molecular weight is 273 g/mol. The van der Waals surface area contributed by atoms with Crippen LogP contribution >= 0.6 is 0 Å². The van der Waals surface area contributed by atoms with E-state index in [4.69, 9.17) is 0 Å². The molecule has 2 N–H and O–H groups in total. The van der Waals surface area contributed by atoms with Crippen molar-refractivity contribution < 1.29 is 10.0 Å². The standard InChI is InChI=1S/C14H15N3O3/c18-9-14(6-2-7-14)16-11-4-5-12(17(19)20)10-3-1-8-15-13(10)11/h1,3-5,8,16,18H,2,6-7,9H2. The van der Waals surface area contributed by atoms with Crippen LogP contribution in [0, 0.1) is 10.1 Å². The van der Waals surface area contributed by atoms with Crippen LogP contribution in [0.4, 0.5) is 11.4 Å². The van der Waals surface area contributed by atoms with Crippen molar-refractivity contribution >= 4 is 22.3 Å². The zero-order valence-corrected chi connectivity index (χ0v) is 10.9. The van der Waals surface area contributed by atoms with Gasteiger partial charge in [-0.15, -0.1) is 0 Å². The number of aromatic nitrogens is 1. The summed E-state index contributed by atoms with van der Waals surface area (Å²) in [5.41, 5.74) is 1.05. The van der Waals surface area contributed by atoms with Gasteiger partial charge in [-0.25, -0.2) is 0 Å². The number of hydrogen-bond acceptors (Lipinski definition) is 5. The lowest BCUT2D eigenvalue weighted by atomic mass is 9.77. The molecule has 0 unspecified atom stereocenters. The molecule has 6 heteroatoms. The Kier molecular flexibility index (Phi) is 3.02. The first kappa shape index (κ1) is 12.8. The number of hydrogen-bond donors (Lipinski definition) is 2. The molecule has 1 saturated carbocycles. The van der Waals surface area contributed by atoms with Crippen molar-refractivity contribution in [3.63, 3.8) is 0 Å². The van der Waals surface area contributed by atoms with Gasteiger partial charge in [0.05, 0.1) is 28.1 Å². The Morgan fingerprint density at radius 1 is 1.40 bits per heavy atom. The molecule has 104 valence electrons. The highest BCUT2D eigenvalue weighted by atomic mass is 16.6. The zero-order chi connectivity index (χ0) is 14.2. The Balaban J connectivity index is 2.08. The maximum Gasteiger partial charge on any atom is 0.278 e. The van der Waals surface area contributed by atoms with Crippen LogP contribution in [0.5, 0.6) is 0 Å². The molecule has 0 aliphatic heterocycles. The summed E-state index contributed by atoms with van der Waals surface area (Å²) in [5, 5.41) is 24.4. The zero-order valence-electron chi connectivity index (χ0n) is 10.9. The average Bonchev–Trinajstić information content (AvgIpc) is 2.42. The van der Waals surface area contributed by atoms with Gasteiger partial charge in [0.15, 0.2) is 0 Å². The molecule has 0 atom stereocenters. The summed E-state index contributed by atoms with van der Waals surface area (Å²) in [4.78, 5) is 14.9. The number of nitrogens with zero attached hydrogens (tertiary/aromatic N) is 2. The van der Waals surface area contributed by atoms with Crippen molar-refractivity contribution in [2.45, 2.75) is 24.8 Å². The van der Waals surface area contributed by atoms with E-state index in [1.54, 1.807) is 24.4 Å². The van der Waals surface area contributed by atoms with Gasteiger partial charge < -0.3 is 10.4 Å². The van der Waals surface area contributed by atoms with Crippen molar-refractivity contribution in [1.82, 2.24) is 4.98 Å². The van der Waals surface area contributed by atoms with Gasteiger partial charge in [0, 0.05) is 12.3 Å². The molecular weight excluding hydrogens is 258 g/mol. The lowest BCUT2D eigenvalue weighted by Gasteiger charge is -2.42. The Hall–Kier alpha value is -2.21. The molecule has 0 radical (unpaired) electrons. The van der Waals surface area contributed by atoms with E-state index in [1.807, 2.05) is 0 Å². The quantitative estimate of drug-likeness (QED) is 0.660. The number of rotatable bonds is 4. The Bertz CT molecular complexity index is 662. The molecule has 2 aromatic rings. The minimum absolute atomic E-state index is 0.0466. The number of nitrogens with one attached hydrogen (secondary N) is 1. The second-order valence-electron chi connectivity index (χ2n) is 5.21. The molecule has 0 spiro atoms. The molecule has 3 rings (SSSR count). The van der Waals surface area contributed by atoms with Crippen LogP contribution in [0.2, 0.25) is 0 Å². The maximum absolute atomic E-state index is 11.1. The lowest BCUT2D eigenvalue weighted by Crippen LogP contribution is -2.48. The van der Waals surface area contributed by atoms with Crippen LogP contribution in [0.3, 0.4) is 0 Å². The summed E-state index contributed by atoms with van der Waals surface area (Å²) in [6, 6.07) is 6.53. The Morgan fingerprint density at radius 3 is 2.80 bits per heavy atom. The van der Waals surface area contributed by atoms with Crippen LogP contribution in [0.1, 0.15) is 19.3 Å². The molecule has 0 bridgehead atoms. The van der Waals surface area contributed by atoms with Crippen LogP contribution in [-0.2, 0) is 0 Å². The fourth-order valence-corrected chi connectivity index (χ4v) is 2.63. The number of pyridine rings is 1. The highest BCUT2D eigenvalue weighted by Gasteiger charge is 2.36. The van der Waals surface area contributed by atoms with Crippen LogP contribution in [-0.4, -0.2) is 27.2 Å². The molecule has 1 fully saturated rings. The van der Waals surface area contributed by atoms with Gasteiger partial charge in [0.1, 0.15) is 5.52 Å². The van der Waals surface area contributed by atoms with E-state index in [2.05, 4.69) is 10.3 Å². The van der Waals surface area contributed by atoms with Gasteiger partial charge in [-0.1, -0.05) is 0 Å². The summed E-state index contributed by atoms with van der Waals surface area (Å²) in [6.07, 6.45) is 4.49. The summed E-state index contributed by atoms with van der Waals surface area (Å²) >= 11 is 0. The van der Waals surface area contributed by atoms with Gasteiger partial charge in [-0.05, 0) is 37.5 Å². The first-order chi connectivity index (χ1) is 9.65. The van der Waals surface area contributed by atoms with Crippen molar-refractivity contribution in [3.8, 4) is 0 Å². The number of nitro benzene ring substituents is 1. The predicted molar refractivity (Wildman–Crippen MR) is 75.7 cm³/mol. The van der Waals surface area contributed by atoms with Crippen molar-refractivity contribution in [2.24, 2.45) is 0 Å². The summed E-state index contributed by atoms with van der Waals surface area (Å²) in [7, 11) is 0. The fraction of sp³-hybridized carbons (Fsp3) is 0.357. The largest absolute Gasteiger partial charge is 0.394 e. The third-order valence-electron chi connectivity index (χ3n) is 3.96. The van der Waals surface area contributed by atoms with E-state index < -0.39 is 4.92 Å². The van der Waals surface area contributed by atoms with Gasteiger partial charge in [0.25, 0.3) is 5.69 Å². The number of non-ortho nitro benzene ring substituents is 1. The molecule has 1 aliphatic carbocycles. The van der Waals surface area contributed by atoms with E-state index >= 15 is 0 Å². The third-order valence-corrected chi connectivity index (χ3v) is 3.96. The monoisotopic (exact) mass is 273 g/mol. The number of aliphatic hydroxyl groups is 1. The predicted octanol–water partition coefficient (Wildman–Crippen LogP) is 2.47. The molecule has 20 heavy (non-hydrogen) atoms. The molecule has 0 saturated heterocycles. The molecule has 1 heterocycles. The highest BCUT2D eigenvalue weighted by Crippen LogP contribution is 2.38. The summed E-state index contributed by atoms with van der Waals surface area (Å²) < 4.78 is 0. The van der Waals surface area contributed by atoms with E-state index in [-0.39, 0.29) is 17.8 Å². The van der Waals surface area contributed by atoms with E-state index in [0.29, 0.717) is 10.9 Å². The van der Waals surface area contributed by atoms with Crippen LogP contribution < -0.4 is 5.32 Å². The minimum atomic E-state index is -0.404. The topological polar surface area (TPSA) is 88.3 Å². The molecule has 1 aromatic carbocycles. The van der Waals surface area contributed by atoms with Crippen molar-refractivity contribution in [2.75, 3.05) is 11.9 Å². The van der Waals surface area contributed by atoms with Gasteiger partial charge in [-0.3, -0.25) is 15.1 Å². The molecule has 1 aliphatic rings. The minimum Gasteiger partial charge on any atom is -0.394 e. The smallest absolute Gasteiger partial charge is 0.278 e. The van der Waals surface area contributed by atoms with Gasteiger partial charge in [0.2, 0.25) is 0 Å². The third kappa shape index (κ3) is 1.98. The van der Waals surface area contributed by atoms with E-state index in [9.17, 15) is 15.2 Å². The fourth-order valence-electron chi connectivity index (χ4n) is 2.63. The van der Waals surface area contributed by atoms with Crippen molar-refractivity contribution in [3.05, 3.63) is 40.6 Å². The normalized spacial score (nSPS) is 16.6. The molecule has 6 nitrogen and oxygen atoms in total. The van der Waals surface area contributed by atoms with Crippen molar-refractivity contribution in [1.29, 1.82) is 0 Å². The summed E-state index contributed by atoms with van der Waals surface area (Å²) in [5.74, 6) is 0. The number of fused-ring (bicyclic) bond motifs is 1. The second-order valence-corrected chi connectivity index (χ2v) is 5.21. The van der Waals surface area contributed by atoms with E-state index in [0.717, 1.165) is 24.9 Å². The molecule has 0 amide bonds.